The minimum absolute atomic E-state index is 0.169. The number of nitrogens with one attached hydrogen (secondary N) is 1. The van der Waals surface area contributed by atoms with Crippen LogP contribution in [0.3, 0.4) is 0 Å². The quantitative estimate of drug-likeness (QED) is 0.908. The zero-order valence-electron chi connectivity index (χ0n) is 10.6. The van der Waals surface area contributed by atoms with E-state index in [1.807, 2.05) is 0 Å². The van der Waals surface area contributed by atoms with Gasteiger partial charge in [0.1, 0.15) is 6.04 Å². The molecule has 2 unspecified atom stereocenters. The van der Waals surface area contributed by atoms with E-state index in [0.717, 1.165) is 19.4 Å². The fraction of sp³-hybridized carbons (Fsp3) is 0.571. The van der Waals surface area contributed by atoms with E-state index in [1.54, 1.807) is 18.2 Å². The molecule has 0 amide bonds. The number of hydrogen-bond donors (Lipinski definition) is 1. The summed E-state index contributed by atoms with van der Waals surface area (Å²) in [7, 11) is 0. The molecule has 0 aliphatic carbocycles. The number of benzene rings is 1. The summed E-state index contributed by atoms with van der Waals surface area (Å²) < 4.78 is 44.5. The van der Waals surface area contributed by atoms with Crippen molar-refractivity contribution in [2.45, 2.75) is 25.1 Å². The number of halogens is 3. The van der Waals surface area contributed by atoms with Gasteiger partial charge in [0, 0.05) is 13.2 Å². The molecule has 1 aliphatic heterocycles. The Hall–Kier alpha value is -1.07. The van der Waals surface area contributed by atoms with Gasteiger partial charge in [-0.2, -0.15) is 13.2 Å². The summed E-state index contributed by atoms with van der Waals surface area (Å²) in [5.74, 6) is 0.169. The SMILES string of the molecule is FC(F)(F)C(NCC1CCCOC1)c1ccccc1. The van der Waals surface area contributed by atoms with E-state index in [9.17, 15) is 13.2 Å². The van der Waals surface area contributed by atoms with Crippen molar-refractivity contribution in [3.05, 3.63) is 35.9 Å². The summed E-state index contributed by atoms with van der Waals surface area (Å²) in [6, 6.07) is 6.37. The second kappa shape index (κ2) is 6.39. The molecule has 1 fully saturated rings. The summed E-state index contributed by atoms with van der Waals surface area (Å²) in [5, 5.41) is 2.64. The van der Waals surface area contributed by atoms with Crippen molar-refractivity contribution in [3.63, 3.8) is 0 Å². The normalized spacial score (nSPS) is 22.2. The highest BCUT2D eigenvalue weighted by Gasteiger charge is 2.40. The smallest absolute Gasteiger partial charge is 0.381 e. The van der Waals surface area contributed by atoms with E-state index in [4.69, 9.17) is 4.74 Å². The molecule has 0 spiro atoms. The third-order valence-corrected chi connectivity index (χ3v) is 3.33. The molecule has 2 nitrogen and oxygen atoms in total. The van der Waals surface area contributed by atoms with E-state index >= 15 is 0 Å². The lowest BCUT2D eigenvalue weighted by molar-refractivity contribution is -0.158. The van der Waals surface area contributed by atoms with Gasteiger partial charge in [-0.25, -0.2) is 0 Å². The average Bonchev–Trinajstić information content (AvgIpc) is 2.40. The molecule has 5 heteroatoms. The Balaban J connectivity index is 1.99. The molecule has 19 heavy (non-hydrogen) atoms. The monoisotopic (exact) mass is 273 g/mol. The minimum atomic E-state index is -4.28. The Morgan fingerprint density at radius 2 is 2.00 bits per heavy atom. The summed E-state index contributed by atoms with van der Waals surface area (Å²) in [6.45, 7) is 1.60. The Morgan fingerprint density at radius 3 is 2.58 bits per heavy atom. The van der Waals surface area contributed by atoms with Gasteiger partial charge in [0.05, 0.1) is 6.61 Å². The average molecular weight is 273 g/mol. The Bertz CT molecular complexity index is 374. The summed E-state index contributed by atoms with van der Waals surface area (Å²) in [6.07, 6.45) is -2.43. The van der Waals surface area contributed by atoms with Crippen molar-refractivity contribution in [1.29, 1.82) is 0 Å². The van der Waals surface area contributed by atoms with Crippen LogP contribution in [0, 0.1) is 5.92 Å². The van der Waals surface area contributed by atoms with Crippen LogP contribution in [0.4, 0.5) is 13.2 Å². The molecule has 2 rings (SSSR count). The topological polar surface area (TPSA) is 21.3 Å². The summed E-state index contributed by atoms with van der Waals surface area (Å²) in [5.41, 5.74) is 0.256. The molecule has 106 valence electrons. The van der Waals surface area contributed by atoms with E-state index in [1.165, 1.54) is 12.1 Å². The van der Waals surface area contributed by atoms with E-state index < -0.39 is 12.2 Å². The zero-order chi connectivity index (χ0) is 13.7. The van der Waals surface area contributed by atoms with Gasteiger partial charge in [0.25, 0.3) is 0 Å². The lowest BCUT2D eigenvalue weighted by Gasteiger charge is -2.27. The first-order chi connectivity index (χ1) is 9.07. The standard InChI is InChI=1S/C14H18F3NO/c15-14(16,17)13(12-6-2-1-3-7-12)18-9-11-5-4-8-19-10-11/h1-3,6-7,11,13,18H,4-5,8-10H2. The fourth-order valence-corrected chi connectivity index (χ4v) is 2.32. The van der Waals surface area contributed by atoms with Crippen LogP contribution in [0.2, 0.25) is 0 Å². The molecule has 1 aliphatic rings. The molecule has 1 aromatic carbocycles. The molecule has 1 aromatic rings. The largest absolute Gasteiger partial charge is 0.407 e. The summed E-state index contributed by atoms with van der Waals surface area (Å²) >= 11 is 0. The maximum atomic E-state index is 13.1. The Morgan fingerprint density at radius 1 is 1.26 bits per heavy atom. The van der Waals surface area contributed by atoms with Crippen molar-refractivity contribution >= 4 is 0 Å². The van der Waals surface area contributed by atoms with Crippen LogP contribution in [0.1, 0.15) is 24.4 Å². The van der Waals surface area contributed by atoms with Crippen molar-refractivity contribution in [2.75, 3.05) is 19.8 Å². The van der Waals surface area contributed by atoms with E-state index in [-0.39, 0.29) is 11.5 Å². The molecule has 1 heterocycles. The molecule has 0 radical (unpaired) electrons. The highest BCUT2D eigenvalue weighted by Crippen LogP contribution is 2.32. The zero-order valence-corrected chi connectivity index (χ0v) is 10.6. The molecular weight excluding hydrogens is 255 g/mol. The van der Waals surface area contributed by atoms with Crippen LogP contribution in [0.25, 0.3) is 0 Å². The first-order valence-corrected chi connectivity index (χ1v) is 6.50. The van der Waals surface area contributed by atoms with Crippen LogP contribution < -0.4 is 5.32 Å². The van der Waals surface area contributed by atoms with Crippen LogP contribution in [-0.2, 0) is 4.74 Å². The van der Waals surface area contributed by atoms with Gasteiger partial charge in [0.2, 0.25) is 0 Å². The van der Waals surface area contributed by atoms with E-state index in [0.29, 0.717) is 13.2 Å². The lowest BCUT2D eigenvalue weighted by Crippen LogP contribution is -2.38. The van der Waals surface area contributed by atoms with Crippen LogP contribution in [0.15, 0.2) is 30.3 Å². The maximum absolute atomic E-state index is 13.1. The van der Waals surface area contributed by atoms with Crippen molar-refractivity contribution < 1.29 is 17.9 Å². The number of rotatable bonds is 4. The summed E-state index contributed by atoms with van der Waals surface area (Å²) in [4.78, 5) is 0. The van der Waals surface area contributed by atoms with Gasteiger partial charge in [-0.1, -0.05) is 30.3 Å². The third kappa shape index (κ3) is 4.21. The number of ether oxygens (including phenoxy) is 1. The molecule has 0 saturated carbocycles. The predicted molar refractivity (Wildman–Crippen MR) is 66.8 cm³/mol. The third-order valence-electron chi connectivity index (χ3n) is 3.33. The Kier molecular flexibility index (Phi) is 4.82. The maximum Gasteiger partial charge on any atom is 0.407 e. The van der Waals surface area contributed by atoms with E-state index in [2.05, 4.69) is 5.32 Å². The highest BCUT2D eigenvalue weighted by molar-refractivity contribution is 5.20. The lowest BCUT2D eigenvalue weighted by atomic mass is 10.0. The van der Waals surface area contributed by atoms with Crippen molar-refractivity contribution in [1.82, 2.24) is 5.32 Å². The van der Waals surface area contributed by atoms with Crippen molar-refractivity contribution in [2.24, 2.45) is 5.92 Å². The van der Waals surface area contributed by atoms with Gasteiger partial charge < -0.3 is 10.1 Å². The highest BCUT2D eigenvalue weighted by atomic mass is 19.4. The Labute approximate surface area is 111 Å². The molecule has 2 atom stereocenters. The molecule has 0 bridgehead atoms. The molecule has 1 saturated heterocycles. The number of alkyl halides is 3. The first kappa shape index (κ1) is 14.3. The second-order valence-electron chi connectivity index (χ2n) is 4.88. The minimum Gasteiger partial charge on any atom is -0.381 e. The molecule has 0 aromatic heterocycles. The van der Waals surface area contributed by atoms with Crippen LogP contribution in [0.5, 0.6) is 0 Å². The van der Waals surface area contributed by atoms with Crippen molar-refractivity contribution in [3.8, 4) is 0 Å². The molecule has 1 N–H and O–H groups in total. The van der Waals surface area contributed by atoms with Gasteiger partial charge in [-0.05, 0) is 24.3 Å². The second-order valence-corrected chi connectivity index (χ2v) is 4.88. The van der Waals surface area contributed by atoms with Crippen LogP contribution >= 0.6 is 0 Å². The van der Waals surface area contributed by atoms with Gasteiger partial charge >= 0.3 is 6.18 Å². The van der Waals surface area contributed by atoms with Gasteiger partial charge in [-0.3, -0.25) is 0 Å². The predicted octanol–water partition coefficient (Wildman–Crippen LogP) is 3.31. The molecular formula is C14H18F3NO. The fourth-order valence-electron chi connectivity index (χ4n) is 2.32. The van der Waals surface area contributed by atoms with Crippen LogP contribution in [-0.4, -0.2) is 25.9 Å². The number of hydrogen-bond acceptors (Lipinski definition) is 2. The van der Waals surface area contributed by atoms with Gasteiger partial charge in [-0.15, -0.1) is 0 Å². The first-order valence-electron chi connectivity index (χ1n) is 6.50. The van der Waals surface area contributed by atoms with Gasteiger partial charge in [0.15, 0.2) is 0 Å².